The van der Waals surface area contributed by atoms with Gasteiger partial charge in [0.05, 0.1) is 0 Å². The van der Waals surface area contributed by atoms with Gasteiger partial charge in [-0.25, -0.2) is 4.79 Å². The minimum absolute atomic E-state index is 0.340. The normalized spacial score (nSPS) is 11.1. The Morgan fingerprint density at radius 1 is 0.960 bits per heavy atom. The maximum Gasteiger partial charge on any atom is 0.410 e. The van der Waals surface area contributed by atoms with Crippen molar-refractivity contribution in [2.45, 2.75) is 39.5 Å². The molecule has 0 atom stereocenters. The minimum atomic E-state index is -0.498. The molecule has 0 saturated carbocycles. The second-order valence-corrected chi connectivity index (χ2v) is 6.93. The van der Waals surface area contributed by atoms with Gasteiger partial charge in [0.15, 0.2) is 0 Å². The molecular formula is C20H26N2O3. The Balaban J connectivity index is 1.93. The molecule has 0 saturated heterocycles. The minimum Gasteiger partial charge on any atom is -0.457 e. The third-order valence-electron chi connectivity index (χ3n) is 3.44. The first kappa shape index (κ1) is 18.8. The van der Waals surface area contributed by atoms with Gasteiger partial charge in [-0.15, -0.1) is 0 Å². The fourth-order valence-corrected chi connectivity index (χ4v) is 2.17. The van der Waals surface area contributed by atoms with E-state index < -0.39 is 5.60 Å². The third kappa shape index (κ3) is 6.12. The first-order chi connectivity index (χ1) is 11.8. The maximum absolute atomic E-state index is 12.0. The Bertz CT molecular complexity index is 688. The van der Waals surface area contributed by atoms with Crippen LogP contribution < -0.4 is 10.5 Å². The fraction of sp³-hybridized carbons (Fsp3) is 0.350. The molecule has 2 aromatic carbocycles. The molecule has 0 aromatic heterocycles. The van der Waals surface area contributed by atoms with Crippen LogP contribution in [0.3, 0.4) is 0 Å². The smallest absolute Gasteiger partial charge is 0.410 e. The third-order valence-corrected chi connectivity index (χ3v) is 3.44. The van der Waals surface area contributed by atoms with Gasteiger partial charge in [0, 0.05) is 20.1 Å². The molecule has 0 radical (unpaired) electrons. The summed E-state index contributed by atoms with van der Waals surface area (Å²) in [5, 5.41) is 0. The van der Waals surface area contributed by atoms with Crippen LogP contribution in [-0.2, 0) is 17.8 Å². The Hall–Kier alpha value is -2.53. The van der Waals surface area contributed by atoms with Gasteiger partial charge in [-0.05, 0) is 56.2 Å². The average Bonchev–Trinajstić information content (AvgIpc) is 2.56. The summed E-state index contributed by atoms with van der Waals surface area (Å²) >= 11 is 0. The van der Waals surface area contributed by atoms with Crippen LogP contribution in [0.4, 0.5) is 4.79 Å². The largest absolute Gasteiger partial charge is 0.457 e. The van der Waals surface area contributed by atoms with E-state index in [1.807, 2.05) is 69.3 Å². The summed E-state index contributed by atoms with van der Waals surface area (Å²) in [4.78, 5) is 13.5. The summed E-state index contributed by atoms with van der Waals surface area (Å²) in [5.41, 5.74) is 7.15. The number of carbonyl (C=O) groups is 1. The Morgan fingerprint density at radius 3 is 1.88 bits per heavy atom. The van der Waals surface area contributed by atoms with E-state index in [2.05, 4.69) is 0 Å². The zero-order valence-corrected chi connectivity index (χ0v) is 15.3. The number of benzene rings is 2. The van der Waals surface area contributed by atoms with Crippen molar-refractivity contribution in [1.82, 2.24) is 4.90 Å². The maximum atomic E-state index is 12.0. The molecule has 0 bridgehead atoms. The number of carbonyl (C=O) groups excluding carboxylic acids is 1. The molecule has 0 unspecified atom stereocenters. The van der Waals surface area contributed by atoms with Crippen molar-refractivity contribution in [3.63, 3.8) is 0 Å². The second kappa shape index (κ2) is 8.03. The zero-order valence-electron chi connectivity index (χ0n) is 15.3. The van der Waals surface area contributed by atoms with Crippen molar-refractivity contribution in [1.29, 1.82) is 0 Å². The van der Waals surface area contributed by atoms with Crippen molar-refractivity contribution < 1.29 is 14.3 Å². The molecule has 2 rings (SSSR count). The van der Waals surface area contributed by atoms with Crippen molar-refractivity contribution >= 4 is 6.09 Å². The van der Waals surface area contributed by atoms with Crippen molar-refractivity contribution in [2.24, 2.45) is 5.73 Å². The molecule has 2 N–H and O–H groups in total. The molecule has 0 fully saturated rings. The van der Waals surface area contributed by atoms with Crippen LogP contribution in [0.2, 0.25) is 0 Å². The molecule has 0 heterocycles. The number of hydrogen-bond donors (Lipinski definition) is 1. The van der Waals surface area contributed by atoms with E-state index in [4.69, 9.17) is 15.2 Å². The summed E-state index contributed by atoms with van der Waals surface area (Å²) < 4.78 is 11.2. The monoisotopic (exact) mass is 342 g/mol. The number of ether oxygens (including phenoxy) is 2. The Morgan fingerprint density at radius 2 is 1.44 bits per heavy atom. The zero-order chi connectivity index (χ0) is 18.4. The van der Waals surface area contributed by atoms with Gasteiger partial charge in [-0.3, -0.25) is 0 Å². The highest BCUT2D eigenvalue weighted by Crippen LogP contribution is 2.22. The fourth-order valence-electron chi connectivity index (χ4n) is 2.17. The Labute approximate surface area is 149 Å². The van der Waals surface area contributed by atoms with E-state index in [1.54, 1.807) is 11.9 Å². The average molecular weight is 342 g/mol. The SMILES string of the molecule is CN(Cc1ccc(Oc2ccc(CN)cc2)cc1)C(=O)OC(C)(C)C. The number of nitrogens with two attached hydrogens (primary N) is 1. The lowest BCUT2D eigenvalue weighted by Crippen LogP contribution is -2.33. The first-order valence-electron chi connectivity index (χ1n) is 8.27. The van der Waals surface area contributed by atoms with E-state index in [-0.39, 0.29) is 6.09 Å². The van der Waals surface area contributed by atoms with Gasteiger partial charge < -0.3 is 20.1 Å². The molecule has 0 aliphatic rings. The van der Waals surface area contributed by atoms with Crippen LogP contribution in [0.5, 0.6) is 11.5 Å². The number of nitrogens with zero attached hydrogens (tertiary/aromatic N) is 1. The quantitative estimate of drug-likeness (QED) is 0.879. The van der Waals surface area contributed by atoms with Gasteiger partial charge >= 0.3 is 6.09 Å². The van der Waals surface area contributed by atoms with E-state index in [0.29, 0.717) is 13.1 Å². The van der Waals surface area contributed by atoms with Gasteiger partial charge in [-0.1, -0.05) is 24.3 Å². The van der Waals surface area contributed by atoms with Gasteiger partial charge in [-0.2, -0.15) is 0 Å². The van der Waals surface area contributed by atoms with E-state index in [0.717, 1.165) is 22.6 Å². The van der Waals surface area contributed by atoms with E-state index >= 15 is 0 Å². The van der Waals surface area contributed by atoms with Gasteiger partial charge in [0.25, 0.3) is 0 Å². The highest BCUT2D eigenvalue weighted by molar-refractivity contribution is 5.67. The van der Waals surface area contributed by atoms with Crippen molar-refractivity contribution in [2.75, 3.05) is 7.05 Å². The first-order valence-corrected chi connectivity index (χ1v) is 8.27. The summed E-state index contributed by atoms with van der Waals surface area (Å²) in [5.74, 6) is 1.50. The molecule has 5 heteroatoms. The molecule has 1 amide bonds. The number of rotatable bonds is 5. The highest BCUT2D eigenvalue weighted by atomic mass is 16.6. The van der Waals surface area contributed by atoms with Crippen LogP contribution in [0.25, 0.3) is 0 Å². The summed E-state index contributed by atoms with van der Waals surface area (Å²) in [6.07, 6.45) is -0.340. The molecule has 0 aliphatic carbocycles. The lowest BCUT2D eigenvalue weighted by atomic mass is 10.2. The van der Waals surface area contributed by atoms with E-state index in [9.17, 15) is 4.79 Å². The van der Waals surface area contributed by atoms with Crippen LogP contribution in [0.15, 0.2) is 48.5 Å². The summed E-state index contributed by atoms with van der Waals surface area (Å²) in [6, 6.07) is 15.3. The lowest BCUT2D eigenvalue weighted by molar-refractivity contribution is 0.0285. The predicted octanol–water partition coefficient (Wildman–Crippen LogP) is 4.30. The molecule has 25 heavy (non-hydrogen) atoms. The van der Waals surface area contributed by atoms with Crippen LogP contribution in [0, 0.1) is 0 Å². The molecule has 5 nitrogen and oxygen atoms in total. The van der Waals surface area contributed by atoms with Crippen LogP contribution in [-0.4, -0.2) is 23.6 Å². The molecular weight excluding hydrogens is 316 g/mol. The number of hydrogen-bond acceptors (Lipinski definition) is 4. The molecule has 0 spiro atoms. The molecule has 2 aromatic rings. The predicted molar refractivity (Wildman–Crippen MR) is 98.6 cm³/mol. The van der Waals surface area contributed by atoms with Crippen molar-refractivity contribution in [3.8, 4) is 11.5 Å². The van der Waals surface area contributed by atoms with E-state index in [1.165, 1.54) is 0 Å². The van der Waals surface area contributed by atoms with Gasteiger partial charge in [0.1, 0.15) is 17.1 Å². The van der Waals surface area contributed by atoms with Crippen LogP contribution in [0.1, 0.15) is 31.9 Å². The standard InChI is InChI=1S/C20H26N2O3/c1-20(2,3)25-19(23)22(4)14-16-7-11-18(12-8-16)24-17-9-5-15(13-21)6-10-17/h5-12H,13-14,21H2,1-4H3. The molecule has 134 valence electrons. The lowest BCUT2D eigenvalue weighted by Gasteiger charge is -2.24. The summed E-state index contributed by atoms with van der Waals surface area (Å²) in [6.45, 7) is 6.54. The van der Waals surface area contributed by atoms with Crippen molar-refractivity contribution in [3.05, 3.63) is 59.7 Å². The molecule has 0 aliphatic heterocycles. The Kier molecular flexibility index (Phi) is 6.04. The second-order valence-electron chi connectivity index (χ2n) is 6.93. The summed E-state index contributed by atoms with van der Waals surface area (Å²) in [7, 11) is 1.72. The topological polar surface area (TPSA) is 64.8 Å². The number of amides is 1. The van der Waals surface area contributed by atoms with Crippen LogP contribution >= 0.6 is 0 Å². The highest BCUT2D eigenvalue weighted by Gasteiger charge is 2.19. The van der Waals surface area contributed by atoms with Gasteiger partial charge in [0.2, 0.25) is 0 Å².